The molecule has 0 unspecified atom stereocenters. The van der Waals surface area contributed by atoms with Crippen LogP contribution in [0.4, 0.5) is 5.82 Å². The van der Waals surface area contributed by atoms with Crippen molar-refractivity contribution in [3.63, 3.8) is 0 Å². The van der Waals surface area contributed by atoms with Crippen molar-refractivity contribution in [2.75, 3.05) is 18.4 Å². The van der Waals surface area contributed by atoms with Gasteiger partial charge in [0, 0.05) is 24.0 Å². The maximum atomic E-state index is 11.9. The van der Waals surface area contributed by atoms with Gasteiger partial charge < -0.3 is 15.7 Å². The lowest BCUT2D eigenvalue weighted by atomic mass is 10.2. The van der Waals surface area contributed by atoms with Gasteiger partial charge >= 0.3 is 0 Å². The first-order valence-corrected chi connectivity index (χ1v) is 7.25. The second-order valence-electron chi connectivity index (χ2n) is 4.97. The van der Waals surface area contributed by atoms with Crippen LogP contribution in [0.5, 0.6) is 5.75 Å². The third-order valence-corrected chi connectivity index (χ3v) is 3.38. The van der Waals surface area contributed by atoms with Gasteiger partial charge in [-0.05, 0) is 36.4 Å². The number of anilines is 1. The van der Waals surface area contributed by atoms with Gasteiger partial charge in [0.05, 0.1) is 5.52 Å². The molecule has 1 amide bonds. The molecule has 0 bridgehead atoms. The number of nitrogens with one attached hydrogen (secondary N) is 2. The van der Waals surface area contributed by atoms with Gasteiger partial charge in [0.15, 0.2) is 0 Å². The molecule has 0 saturated heterocycles. The van der Waals surface area contributed by atoms with Crippen LogP contribution in [0.15, 0.2) is 54.9 Å². The summed E-state index contributed by atoms with van der Waals surface area (Å²) < 4.78 is 0. The van der Waals surface area contributed by atoms with Gasteiger partial charge in [-0.2, -0.15) is 0 Å². The van der Waals surface area contributed by atoms with Crippen LogP contribution in [0.2, 0.25) is 0 Å². The van der Waals surface area contributed by atoms with Gasteiger partial charge in [-0.15, -0.1) is 0 Å². The number of carbonyl (C=O) groups excluding carboxylic acids is 1. The second kappa shape index (κ2) is 6.74. The maximum absolute atomic E-state index is 11.9. The molecule has 6 heteroatoms. The van der Waals surface area contributed by atoms with Crippen molar-refractivity contribution < 1.29 is 9.90 Å². The number of para-hydroxylation sites is 1. The van der Waals surface area contributed by atoms with Gasteiger partial charge in [-0.25, -0.2) is 9.97 Å². The highest BCUT2D eigenvalue weighted by atomic mass is 16.3. The average Bonchev–Trinajstić information content (AvgIpc) is 2.59. The van der Waals surface area contributed by atoms with Crippen molar-refractivity contribution in [2.45, 2.75) is 0 Å². The quantitative estimate of drug-likeness (QED) is 0.629. The first-order valence-electron chi connectivity index (χ1n) is 7.25. The first-order chi connectivity index (χ1) is 11.2. The largest absolute Gasteiger partial charge is 0.508 e. The molecular formula is C17H16N4O2. The van der Waals surface area contributed by atoms with E-state index >= 15 is 0 Å². The van der Waals surface area contributed by atoms with E-state index in [0.717, 1.165) is 16.7 Å². The molecule has 116 valence electrons. The van der Waals surface area contributed by atoms with Crippen LogP contribution in [0.1, 0.15) is 10.4 Å². The van der Waals surface area contributed by atoms with Crippen LogP contribution >= 0.6 is 0 Å². The van der Waals surface area contributed by atoms with Crippen LogP contribution in [-0.4, -0.2) is 34.1 Å². The van der Waals surface area contributed by atoms with Crippen molar-refractivity contribution in [1.82, 2.24) is 15.3 Å². The summed E-state index contributed by atoms with van der Waals surface area (Å²) in [6, 6.07) is 13.9. The molecule has 23 heavy (non-hydrogen) atoms. The molecule has 3 rings (SSSR count). The number of aromatic hydroxyl groups is 1. The monoisotopic (exact) mass is 308 g/mol. The predicted molar refractivity (Wildman–Crippen MR) is 88.5 cm³/mol. The normalized spacial score (nSPS) is 10.4. The van der Waals surface area contributed by atoms with Gasteiger partial charge in [0.1, 0.15) is 17.9 Å². The Morgan fingerprint density at radius 2 is 1.78 bits per heavy atom. The molecule has 0 saturated carbocycles. The number of fused-ring (bicyclic) bond motifs is 1. The lowest BCUT2D eigenvalue weighted by molar-refractivity contribution is 0.0955. The fourth-order valence-corrected chi connectivity index (χ4v) is 2.22. The smallest absolute Gasteiger partial charge is 0.251 e. The summed E-state index contributed by atoms with van der Waals surface area (Å²) in [5.74, 6) is 0.702. The number of phenolic OH excluding ortho intramolecular Hbond substituents is 1. The fourth-order valence-electron chi connectivity index (χ4n) is 2.22. The number of aromatic nitrogens is 2. The number of hydrogen-bond acceptors (Lipinski definition) is 5. The summed E-state index contributed by atoms with van der Waals surface area (Å²) in [4.78, 5) is 20.4. The van der Waals surface area contributed by atoms with Crippen molar-refractivity contribution in [1.29, 1.82) is 0 Å². The number of carbonyl (C=O) groups is 1. The Labute approximate surface area is 133 Å². The van der Waals surface area contributed by atoms with E-state index in [0.29, 0.717) is 18.7 Å². The number of rotatable bonds is 5. The Bertz CT molecular complexity index is 813. The minimum Gasteiger partial charge on any atom is -0.508 e. The minimum absolute atomic E-state index is 0.138. The second-order valence-corrected chi connectivity index (χ2v) is 4.97. The van der Waals surface area contributed by atoms with Gasteiger partial charge in [0.25, 0.3) is 5.91 Å². The number of hydrogen-bond donors (Lipinski definition) is 3. The summed E-state index contributed by atoms with van der Waals surface area (Å²) in [6.45, 7) is 1.00. The summed E-state index contributed by atoms with van der Waals surface area (Å²) in [7, 11) is 0. The highest BCUT2D eigenvalue weighted by Gasteiger charge is 2.05. The number of amides is 1. The van der Waals surface area contributed by atoms with E-state index in [1.165, 1.54) is 18.5 Å². The lowest BCUT2D eigenvalue weighted by Crippen LogP contribution is -2.28. The zero-order valence-electron chi connectivity index (χ0n) is 12.4. The van der Waals surface area contributed by atoms with Crippen molar-refractivity contribution in [3.05, 3.63) is 60.4 Å². The van der Waals surface area contributed by atoms with Gasteiger partial charge in [-0.3, -0.25) is 4.79 Å². The molecular weight excluding hydrogens is 292 g/mol. The summed E-state index contributed by atoms with van der Waals surface area (Å²) >= 11 is 0. The Morgan fingerprint density at radius 3 is 2.61 bits per heavy atom. The van der Waals surface area contributed by atoms with Crippen LogP contribution in [0, 0.1) is 0 Å². The highest BCUT2D eigenvalue weighted by Crippen LogP contribution is 2.17. The molecule has 3 aromatic rings. The third-order valence-electron chi connectivity index (χ3n) is 3.38. The zero-order valence-corrected chi connectivity index (χ0v) is 12.4. The van der Waals surface area contributed by atoms with E-state index in [4.69, 9.17) is 0 Å². The summed E-state index contributed by atoms with van der Waals surface area (Å²) in [5.41, 5.74) is 1.38. The summed E-state index contributed by atoms with van der Waals surface area (Å²) in [6.07, 6.45) is 1.51. The Hall–Kier alpha value is -3.15. The Kier molecular flexibility index (Phi) is 4.33. The molecule has 0 aliphatic rings. The topological polar surface area (TPSA) is 87.1 Å². The van der Waals surface area contributed by atoms with Crippen molar-refractivity contribution in [3.8, 4) is 5.75 Å². The standard InChI is InChI=1S/C17H16N4O2/c22-13-7-5-12(6-8-13)17(23)19-10-9-18-16-14-3-1-2-4-15(14)20-11-21-16/h1-8,11,22H,9-10H2,(H,19,23)(H,18,20,21). The fraction of sp³-hybridized carbons (Fsp3) is 0.118. The highest BCUT2D eigenvalue weighted by molar-refractivity contribution is 5.94. The lowest BCUT2D eigenvalue weighted by Gasteiger charge is -2.09. The minimum atomic E-state index is -0.181. The SMILES string of the molecule is O=C(NCCNc1ncnc2ccccc12)c1ccc(O)cc1. The van der Waals surface area contributed by atoms with Gasteiger partial charge in [0.2, 0.25) is 0 Å². The van der Waals surface area contributed by atoms with E-state index in [9.17, 15) is 9.90 Å². The molecule has 0 radical (unpaired) electrons. The Balaban J connectivity index is 1.55. The Morgan fingerprint density at radius 1 is 1.00 bits per heavy atom. The van der Waals surface area contributed by atoms with E-state index in [-0.39, 0.29) is 11.7 Å². The molecule has 0 spiro atoms. The first kappa shape index (κ1) is 14.8. The van der Waals surface area contributed by atoms with Crippen LogP contribution in [-0.2, 0) is 0 Å². The molecule has 0 fully saturated rings. The molecule has 2 aromatic carbocycles. The van der Waals surface area contributed by atoms with Crippen molar-refractivity contribution >= 4 is 22.6 Å². The van der Waals surface area contributed by atoms with E-state index in [1.54, 1.807) is 12.1 Å². The van der Waals surface area contributed by atoms with Gasteiger partial charge in [-0.1, -0.05) is 12.1 Å². The zero-order chi connectivity index (χ0) is 16.1. The number of phenols is 1. The molecule has 1 heterocycles. The average molecular weight is 308 g/mol. The van der Waals surface area contributed by atoms with E-state index in [1.807, 2.05) is 24.3 Å². The van der Waals surface area contributed by atoms with E-state index in [2.05, 4.69) is 20.6 Å². The molecule has 6 nitrogen and oxygen atoms in total. The molecule has 3 N–H and O–H groups in total. The maximum Gasteiger partial charge on any atom is 0.251 e. The van der Waals surface area contributed by atoms with Crippen LogP contribution in [0.3, 0.4) is 0 Å². The number of nitrogens with zero attached hydrogens (tertiary/aromatic N) is 2. The third kappa shape index (κ3) is 3.55. The van der Waals surface area contributed by atoms with Crippen molar-refractivity contribution in [2.24, 2.45) is 0 Å². The molecule has 1 aromatic heterocycles. The van der Waals surface area contributed by atoms with E-state index < -0.39 is 0 Å². The summed E-state index contributed by atoms with van der Waals surface area (Å²) in [5, 5.41) is 16.2. The van der Waals surface area contributed by atoms with Crippen LogP contribution in [0.25, 0.3) is 10.9 Å². The molecule has 0 aliphatic carbocycles. The number of benzene rings is 2. The van der Waals surface area contributed by atoms with Crippen LogP contribution < -0.4 is 10.6 Å². The molecule has 0 atom stereocenters. The molecule has 0 aliphatic heterocycles. The predicted octanol–water partition coefficient (Wildman–Crippen LogP) is 2.18.